The summed E-state index contributed by atoms with van der Waals surface area (Å²) in [6.07, 6.45) is 3.03. The van der Waals surface area contributed by atoms with Crippen LogP contribution in [0, 0.1) is 0 Å². The number of nitrogens with one attached hydrogen (secondary N) is 2. The van der Waals surface area contributed by atoms with E-state index in [-0.39, 0.29) is 0 Å². The van der Waals surface area contributed by atoms with Crippen LogP contribution < -0.4 is 16.4 Å². The highest BCUT2D eigenvalue weighted by Gasteiger charge is 2.09. The summed E-state index contributed by atoms with van der Waals surface area (Å²) in [4.78, 5) is 15.5. The van der Waals surface area contributed by atoms with E-state index in [4.69, 9.17) is 19.9 Å². The molecule has 0 aliphatic rings. The van der Waals surface area contributed by atoms with Crippen molar-refractivity contribution in [2.24, 2.45) is 5.73 Å². The predicted molar refractivity (Wildman–Crippen MR) is 119 cm³/mol. The predicted octanol–water partition coefficient (Wildman–Crippen LogP) is 1.95. The van der Waals surface area contributed by atoms with Crippen molar-refractivity contribution < 1.29 is 19.0 Å². The Morgan fingerprint density at radius 3 is 2.47 bits per heavy atom. The molecule has 0 aliphatic carbocycles. The van der Waals surface area contributed by atoms with Crippen LogP contribution in [0.2, 0.25) is 0 Å². The van der Waals surface area contributed by atoms with E-state index in [0.29, 0.717) is 59.2 Å². The van der Waals surface area contributed by atoms with Gasteiger partial charge in [0.05, 0.1) is 39.6 Å². The maximum absolute atomic E-state index is 11.0. The first kappa shape index (κ1) is 23.8. The number of anilines is 2. The molecule has 4 N–H and O–H groups in total. The normalized spacial score (nSPS) is 10.7. The maximum atomic E-state index is 11.0. The molecule has 30 heavy (non-hydrogen) atoms. The summed E-state index contributed by atoms with van der Waals surface area (Å²) in [5.41, 5.74) is 9.23. The highest BCUT2D eigenvalue weighted by atomic mass is 16.5. The van der Waals surface area contributed by atoms with Crippen molar-refractivity contribution in [1.82, 2.24) is 4.98 Å². The zero-order valence-electron chi connectivity index (χ0n) is 17.6. The molecule has 0 unspecified atom stereocenters. The SMILES string of the molecule is CNc1ccc(-c2cccnc2NCCOCCOCCOCCN)cc1CC=O. The Morgan fingerprint density at radius 2 is 1.77 bits per heavy atom. The fourth-order valence-corrected chi connectivity index (χ4v) is 2.91. The lowest BCUT2D eigenvalue weighted by molar-refractivity contribution is -0.107. The third kappa shape index (κ3) is 8.08. The number of rotatable bonds is 16. The van der Waals surface area contributed by atoms with Gasteiger partial charge in [0, 0.05) is 44.0 Å². The summed E-state index contributed by atoms with van der Waals surface area (Å²) in [5, 5.41) is 6.44. The van der Waals surface area contributed by atoms with E-state index in [1.807, 2.05) is 37.4 Å². The molecule has 0 fully saturated rings. The van der Waals surface area contributed by atoms with Gasteiger partial charge in [0.25, 0.3) is 0 Å². The number of aromatic nitrogens is 1. The molecule has 0 saturated heterocycles. The summed E-state index contributed by atoms with van der Waals surface area (Å²) in [6, 6.07) is 9.93. The summed E-state index contributed by atoms with van der Waals surface area (Å²) >= 11 is 0. The van der Waals surface area contributed by atoms with Gasteiger partial charge in [-0.25, -0.2) is 4.98 Å². The molecule has 0 radical (unpaired) electrons. The standard InChI is InChI=1S/C22H32N4O4/c1-24-21-5-4-18(17-19(21)6-10-27)20-3-2-8-25-22(20)26-9-12-29-14-16-30-15-13-28-11-7-23/h2-5,8,10,17,24H,6-7,9,11-16,23H2,1H3,(H,25,26). The molecule has 2 aromatic rings. The summed E-state index contributed by atoms with van der Waals surface area (Å²) in [5.74, 6) is 0.781. The molecule has 2 rings (SSSR count). The van der Waals surface area contributed by atoms with Gasteiger partial charge >= 0.3 is 0 Å². The fraction of sp³-hybridized carbons (Fsp3) is 0.455. The first-order valence-corrected chi connectivity index (χ1v) is 10.2. The van der Waals surface area contributed by atoms with Crippen LogP contribution in [0.15, 0.2) is 36.5 Å². The lowest BCUT2D eigenvalue weighted by Crippen LogP contribution is -2.15. The van der Waals surface area contributed by atoms with Gasteiger partial charge in [0.2, 0.25) is 0 Å². The van der Waals surface area contributed by atoms with E-state index in [2.05, 4.69) is 15.6 Å². The largest absolute Gasteiger partial charge is 0.388 e. The number of hydrogen-bond donors (Lipinski definition) is 3. The van der Waals surface area contributed by atoms with Crippen LogP contribution in [0.4, 0.5) is 11.5 Å². The molecule has 8 heteroatoms. The van der Waals surface area contributed by atoms with Crippen molar-refractivity contribution >= 4 is 17.8 Å². The first-order chi connectivity index (χ1) is 14.8. The molecular weight excluding hydrogens is 384 g/mol. The highest BCUT2D eigenvalue weighted by molar-refractivity contribution is 5.78. The number of pyridine rings is 1. The van der Waals surface area contributed by atoms with Crippen molar-refractivity contribution in [1.29, 1.82) is 0 Å². The molecule has 0 saturated carbocycles. The van der Waals surface area contributed by atoms with Crippen molar-refractivity contribution in [2.75, 3.05) is 70.4 Å². The van der Waals surface area contributed by atoms with Crippen LogP contribution in [-0.2, 0) is 25.4 Å². The van der Waals surface area contributed by atoms with E-state index >= 15 is 0 Å². The van der Waals surface area contributed by atoms with Crippen molar-refractivity contribution in [2.45, 2.75) is 6.42 Å². The van der Waals surface area contributed by atoms with Gasteiger partial charge in [-0.1, -0.05) is 6.07 Å². The Morgan fingerprint density at radius 1 is 1.03 bits per heavy atom. The van der Waals surface area contributed by atoms with Gasteiger partial charge in [0.15, 0.2) is 0 Å². The van der Waals surface area contributed by atoms with Gasteiger partial charge in [0.1, 0.15) is 12.1 Å². The number of nitrogens with two attached hydrogens (primary N) is 1. The molecular formula is C22H32N4O4. The van der Waals surface area contributed by atoms with Crippen molar-refractivity contribution in [3.63, 3.8) is 0 Å². The number of nitrogens with zero attached hydrogens (tertiary/aromatic N) is 1. The minimum Gasteiger partial charge on any atom is -0.388 e. The summed E-state index contributed by atoms with van der Waals surface area (Å²) < 4.78 is 16.2. The molecule has 0 aliphatic heterocycles. The van der Waals surface area contributed by atoms with Gasteiger partial charge in [-0.05, 0) is 35.4 Å². The van der Waals surface area contributed by atoms with Crippen molar-refractivity contribution in [3.8, 4) is 11.1 Å². The van der Waals surface area contributed by atoms with E-state index in [1.165, 1.54) is 0 Å². The highest BCUT2D eigenvalue weighted by Crippen LogP contribution is 2.29. The lowest BCUT2D eigenvalue weighted by atomic mass is 10.0. The zero-order chi connectivity index (χ0) is 21.4. The number of aldehydes is 1. The van der Waals surface area contributed by atoms with Crippen LogP contribution in [-0.4, -0.2) is 71.0 Å². The molecule has 1 aromatic heterocycles. The van der Waals surface area contributed by atoms with Crippen molar-refractivity contribution in [3.05, 3.63) is 42.1 Å². The third-order valence-corrected chi connectivity index (χ3v) is 4.34. The molecule has 8 nitrogen and oxygen atoms in total. The number of hydrogen-bond acceptors (Lipinski definition) is 8. The second-order valence-corrected chi connectivity index (χ2v) is 6.44. The van der Waals surface area contributed by atoms with Crippen LogP contribution in [0.5, 0.6) is 0 Å². The van der Waals surface area contributed by atoms with E-state index in [1.54, 1.807) is 6.20 Å². The molecule has 1 aromatic carbocycles. The molecule has 0 atom stereocenters. The third-order valence-electron chi connectivity index (χ3n) is 4.34. The van der Waals surface area contributed by atoms with Gasteiger partial charge in [-0.2, -0.15) is 0 Å². The molecule has 0 amide bonds. The summed E-state index contributed by atoms with van der Waals surface area (Å²) in [6.45, 7) is 4.38. The minimum atomic E-state index is 0.363. The van der Waals surface area contributed by atoms with E-state index in [9.17, 15) is 4.79 Å². The number of benzene rings is 1. The Hall–Kier alpha value is -2.52. The average Bonchev–Trinajstić information content (AvgIpc) is 2.78. The van der Waals surface area contributed by atoms with E-state index < -0.39 is 0 Å². The lowest BCUT2D eigenvalue weighted by Gasteiger charge is -2.14. The number of carbonyl (C=O) groups is 1. The van der Waals surface area contributed by atoms with Crippen LogP contribution in [0.1, 0.15) is 5.56 Å². The minimum absolute atomic E-state index is 0.363. The van der Waals surface area contributed by atoms with Crippen LogP contribution in [0.25, 0.3) is 11.1 Å². The second-order valence-electron chi connectivity index (χ2n) is 6.44. The Kier molecular flexibility index (Phi) is 11.5. The molecule has 1 heterocycles. The fourth-order valence-electron chi connectivity index (χ4n) is 2.91. The average molecular weight is 417 g/mol. The summed E-state index contributed by atoms with van der Waals surface area (Å²) in [7, 11) is 1.85. The van der Waals surface area contributed by atoms with Crippen LogP contribution >= 0.6 is 0 Å². The second kappa shape index (κ2) is 14.5. The molecule has 0 bridgehead atoms. The Labute approximate surface area is 178 Å². The zero-order valence-corrected chi connectivity index (χ0v) is 17.6. The maximum Gasteiger partial charge on any atom is 0.133 e. The number of carbonyl (C=O) groups excluding carboxylic acids is 1. The van der Waals surface area contributed by atoms with E-state index in [0.717, 1.165) is 34.5 Å². The Balaban J connectivity index is 1.79. The smallest absolute Gasteiger partial charge is 0.133 e. The monoisotopic (exact) mass is 416 g/mol. The molecule has 0 spiro atoms. The first-order valence-electron chi connectivity index (χ1n) is 10.2. The topological polar surface area (TPSA) is 108 Å². The number of ether oxygens (including phenoxy) is 3. The van der Waals surface area contributed by atoms with Gasteiger partial charge in [-0.15, -0.1) is 0 Å². The van der Waals surface area contributed by atoms with Gasteiger partial charge < -0.3 is 35.4 Å². The van der Waals surface area contributed by atoms with Gasteiger partial charge in [-0.3, -0.25) is 0 Å². The quantitative estimate of drug-likeness (QED) is 0.282. The molecule has 164 valence electrons. The van der Waals surface area contributed by atoms with Crippen LogP contribution in [0.3, 0.4) is 0 Å². The Bertz CT molecular complexity index is 758.